The molecule has 0 aliphatic rings. The van der Waals surface area contributed by atoms with Gasteiger partial charge in [-0.15, -0.1) is 0 Å². The minimum atomic E-state index is -0.508. The zero-order valence-corrected chi connectivity index (χ0v) is 12.1. The molecular weight excluding hydrogens is 290 g/mol. The average Bonchev–Trinajstić information content (AvgIpc) is 2.45. The molecule has 1 aromatic carbocycles. The summed E-state index contributed by atoms with van der Waals surface area (Å²) < 4.78 is 0. The van der Waals surface area contributed by atoms with E-state index in [0.717, 1.165) is 11.3 Å². The summed E-state index contributed by atoms with van der Waals surface area (Å²) in [6.07, 6.45) is 1.18. The van der Waals surface area contributed by atoms with Crippen molar-refractivity contribution in [3.8, 4) is 0 Å². The number of benzene rings is 1. The number of carbonyl (C=O) groups excluding carboxylic acids is 1. The number of hydrogen-bond acceptors (Lipinski definition) is 5. The van der Waals surface area contributed by atoms with E-state index in [9.17, 15) is 14.9 Å². The van der Waals surface area contributed by atoms with Crippen LogP contribution in [-0.2, 0) is 4.79 Å². The fourth-order valence-electron chi connectivity index (χ4n) is 1.63. The average molecular weight is 303 g/mol. The van der Waals surface area contributed by atoms with Crippen LogP contribution < -0.4 is 5.32 Å². The summed E-state index contributed by atoms with van der Waals surface area (Å²) >= 11 is 1.23. The van der Waals surface area contributed by atoms with Gasteiger partial charge in [0.1, 0.15) is 6.20 Å². The van der Waals surface area contributed by atoms with Crippen molar-refractivity contribution in [2.75, 3.05) is 11.1 Å². The van der Waals surface area contributed by atoms with Crippen LogP contribution in [0.3, 0.4) is 0 Å². The van der Waals surface area contributed by atoms with Crippen LogP contribution in [0.4, 0.5) is 11.4 Å². The number of nitrogens with one attached hydrogen (secondary N) is 1. The van der Waals surface area contributed by atoms with Crippen LogP contribution in [0.5, 0.6) is 0 Å². The Morgan fingerprint density at radius 2 is 2.19 bits per heavy atom. The van der Waals surface area contributed by atoms with Gasteiger partial charge in [0.05, 0.1) is 15.7 Å². The van der Waals surface area contributed by atoms with Crippen molar-refractivity contribution < 1.29 is 9.72 Å². The second-order valence-corrected chi connectivity index (χ2v) is 5.31. The molecule has 0 saturated heterocycles. The molecule has 0 fully saturated rings. The van der Waals surface area contributed by atoms with Gasteiger partial charge in [-0.25, -0.2) is 4.98 Å². The second kappa shape index (κ2) is 6.85. The smallest absolute Gasteiger partial charge is 0.287 e. The Bertz CT molecular complexity index is 659. The second-order valence-electron chi connectivity index (χ2n) is 4.32. The topological polar surface area (TPSA) is 85.1 Å². The standard InChI is InChI=1S/C14H13N3O3S/c1-10-3-2-4-11(7-10)16-13(18)9-21-14-6-5-12(8-15-14)17(19)20/h2-8H,9H2,1H3,(H,16,18). The Labute approximate surface area is 125 Å². The van der Waals surface area contributed by atoms with Gasteiger partial charge in [-0.1, -0.05) is 23.9 Å². The monoisotopic (exact) mass is 303 g/mol. The van der Waals surface area contributed by atoms with Gasteiger partial charge in [-0.05, 0) is 30.7 Å². The molecule has 0 spiro atoms. The number of rotatable bonds is 5. The zero-order chi connectivity index (χ0) is 15.2. The van der Waals surface area contributed by atoms with Gasteiger partial charge < -0.3 is 5.32 Å². The van der Waals surface area contributed by atoms with Gasteiger partial charge in [0, 0.05) is 11.8 Å². The Morgan fingerprint density at radius 3 is 2.81 bits per heavy atom. The highest BCUT2D eigenvalue weighted by Gasteiger charge is 2.08. The summed E-state index contributed by atoms with van der Waals surface area (Å²) in [6, 6.07) is 10.4. The maximum atomic E-state index is 11.8. The van der Waals surface area contributed by atoms with E-state index in [1.54, 1.807) is 0 Å². The third-order valence-corrected chi connectivity index (χ3v) is 3.53. The molecule has 0 unspecified atom stereocenters. The summed E-state index contributed by atoms with van der Waals surface area (Å²) in [7, 11) is 0. The van der Waals surface area contributed by atoms with Crippen molar-refractivity contribution in [2.24, 2.45) is 0 Å². The first-order valence-corrected chi connectivity index (χ1v) is 7.13. The van der Waals surface area contributed by atoms with E-state index < -0.39 is 4.92 Å². The van der Waals surface area contributed by atoms with Crippen LogP contribution in [-0.4, -0.2) is 21.6 Å². The highest BCUT2D eigenvalue weighted by atomic mass is 32.2. The summed E-state index contributed by atoms with van der Waals surface area (Å²) in [5, 5.41) is 13.9. The molecule has 6 nitrogen and oxygen atoms in total. The number of anilines is 1. The van der Waals surface area contributed by atoms with E-state index in [0.29, 0.717) is 5.03 Å². The first-order chi connectivity index (χ1) is 10.0. The van der Waals surface area contributed by atoms with E-state index in [1.165, 1.54) is 30.1 Å². The number of nitro groups is 1. The van der Waals surface area contributed by atoms with Crippen LogP contribution in [0.2, 0.25) is 0 Å². The van der Waals surface area contributed by atoms with Gasteiger partial charge in [0.15, 0.2) is 0 Å². The largest absolute Gasteiger partial charge is 0.325 e. The van der Waals surface area contributed by atoms with E-state index in [2.05, 4.69) is 10.3 Å². The first-order valence-electron chi connectivity index (χ1n) is 6.14. The van der Waals surface area contributed by atoms with Crippen LogP contribution >= 0.6 is 11.8 Å². The van der Waals surface area contributed by atoms with E-state index in [-0.39, 0.29) is 17.3 Å². The lowest BCUT2D eigenvalue weighted by Crippen LogP contribution is -2.14. The minimum absolute atomic E-state index is 0.0661. The van der Waals surface area contributed by atoms with Gasteiger partial charge in [0.25, 0.3) is 5.69 Å². The molecule has 0 bridgehead atoms. The number of aromatic nitrogens is 1. The SMILES string of the molecule is Cc1cccc(NC(=O)CSc2ccc([N+](=O)[O-])cn2)c1. The van der Waals surface area contributed by atoms with Crippen molar-refractivity contribution in [1.82, 2.24) is 4.98 Å². The Morgan fingerprint density at radius 1 is 1.38 bits per heavy atom. The van der Waals surface area contributed by atoms with Crippen LogP contribution in [0.15, 0.2) is 47.6 Å². The normalized spacial score (nSPS) is 10.1. The quantitative estimate of drug-likeness (QED) is 0.521. The van der Waals surface area contributed by atoms with E-state index in [1.807, 2.05) is 31.2 Å². The maximum absolute atomic E-state index is 11.8. The molecule has 0 aliphatic heterocycles. The Kier molecular flexibility index (Phi) is 4.89. The number of nitrogens with zero attached hydrogens (tertiary/aromatic N) is 2. The highest BCUT2D eigenvalue weighted by Crippen LogP contribution is 2.18. The summed E-state index contributed by atoms with van der Waals surface area (Å²) in [6.45, 7) is 1.95. The molecule has 7 heteroatoms. The Balaban J connectivity index is 1.87. The van der Waals surface area contributed by atoms with Crippen molar-refractivity contribution in [3.05, 3.63) is 58.3 Å². The number of thioether (sulfide) groups is 1. The van der Waals surface area contributed by atoms with Crippen molar-refractivity contribution in [3.63, 3.8) is 0 Å². The molecule has 1 aromatic heterocycles. The number of pyridine rings is 1. The minimum Gasteiger partial charge on any atom is -0.325 e. The molecule has 0 atom stereocenters. The lowest BCUT2D eigenvalue weighted by atomic mass is 10.2. The number of carbonyl (C=O) groups is 1. The molecular formula is C14H13N3O3S. The number of hydrogen-bond donors (Lipinski definition) is 1. The molecule has 0 radical (unpaired) electrons. The predicted molar refractivity (Wildman–Crippen MR) is 81.4 cm³/mol. The predicted octanol–water partition coefficient (Wildman–Crippen LogP) is 3.03. The molecule has 1 heterocycles. The van der Waals surface area contributed by atoms with E-state index >= 15 is 0 Å². The first kappa shape index (κ1) is 15.0. The van der Waals surface area contributed by atoms with Crippen molar-refractivity contribution >= 4 is 29.0 Å². The summed E-state index contributed by atoms with van der Waals surface area (Å²) in [5.41, 5.74) is 1.75. The highest BCUT2D eigenvalue weighted by molar-refractivity contribution is 7.99. The molecule has 0 aliphatic carbocycles. The molecule has 21 heavy (non-hydrogen) atoms. The van der Waals surface area contributed by atoms with Crippen molar-refractivity contribution in [1.29, 1.82) is 0 Å². The lowest BCUT2D eigenvalue weighted by molar-refractivity contribution is -0.385. The molecule has 2 aromatic rings. The molecule has 0 saturated carbocycles. The van der Waals surface area contributed by atoms with Gasteiger partial charge in [-0.3, -0.25) is 14.9 Å². The number of amides is 1. The van der Waals surface area contributed by atoms with Crippen molar-refractivity contribution in [2.45, 2.75) is 11.9 Å². The van der Waals surface area contributed by atoms with Crippen LogP contribution in [0, 0.1) is 17.0 Å². The molecule has 108 valence electrons. The zero-order valence-electron chi connectivity index (χ0n) is 11.3. The van der Waals surface area contributed by atoms with Gasteiger partial charge in [0.2, 0.25) is 5.91 Å². The number of aryl methyl sites for hydroxylation is 1. The molecule has 1 amide bonds. The van der Waals surface area contributed by atoms with Crippen LogP contribution in [0.25, 0.3) is 0 Å². The van der Waals surface area contributed by atoms with E-state index in [4.69, 9.17) is 0 Å². The fourth-order valence-corrected chi connectivity index (χ4v) is 2.27. The molecule has 1 N–H and O–H groups in total. The fraction of sp³-hybridized carbons (Fsp3) is 0.143. The van der Waals surface area contributed by atoms with Crippen LogP contribution in [0.1, 0.15) is 5.56 Å². The van der Waals surface area contributed by atoms with Gasteiger partial charge >= 0.3 is 0 Å². The van der Waals surface area contributed by atoms with Gasteiger partial charge in [-0.2, -0.15) is 0 Å². The third kappa shape index (κ3) is 4.57. The molecule has 2 rings (SSSR count). The summed E-state index contributed by atoms with van der Waals surface area (Å²) in [4.78, 5) is 25.7. The third-order valence-electron chi connectivity index (χ3n) is 2.58. The maximum Gasteiger partial charge on any atom is 0.287 e. The Hall–Kier alpha value is -2.41. The lowest BCUT2D eigenvalue weighted by Gasteiger charge is -2.05. The summed E-state index contributed by atoms with van der Waals surface area (Å²) in [5.74, 6) is 0.0458.